The first-order chi connectivity index (χ1) is 21.3. The molecule has 1 aromatic heterocycles. The van der Waals surface area contributed by atoms with Gasteiger partial charge < -0.3 is 4.42 Å². The van der Waals surface area contributed by atoms with E-state index < -0.39 is 0 Å². The van der Waals surface area contributed by atoms with E-state index in [0.717, 1.165) is 21.9 Å². The maximum Gasteiger partial charge on any atom is 0.136 e. The largest absolute Gasteiger partial charge is 0.456 e. The number of furan rings is 1. The Morgan fingerprint density at radius 3 is 1.65 bits per heavy atom. The molecule has 9 aromatic rings. The van der Waals surface area contributed by atoms with Gasteiger partial charge in [0.25, 0.3) is 0 Å². The Morgan fingerprint density at radius 1 is 0.326 bits per heavy atom. The first-order valence-corrected chi connectivity index (χ1v) is 14.8. The summed E-state index contributed by atoms with van der Waals surface area (Å²) < 4.78 is 6.40. The number of benzene rings is 8. The van der Waals surface area contributed by atoms with Gasteiger partial charge in [-0.15, -0.1) is 0 Å². The van der Waals surface area contributed by atoms with Crippen molar-refractivity contribution in [2.24, 2.45) is 0 Å². The van der Waals surface area contributed by atoms with E-state index in [2.05, 4.69) is 158 Å². The van der Waals surface area contributed by atoms with Crippen molar-refractivity contribution in [3.63, 3.8) is 0 Å². The van der Waals surface area contributed by atoms with Gasteiger partial charge in [0.15, 0.2) is 0 Å². The van der Waals surface area contributed by atoms with E-state index in [1.54, 1.807) is 0 Å². The van der Waals surface area contributed by atoms with E-state index >= 15 is 0 Å². The summed E-state index contributed by atoms with van der Waals surface area (Å²) >= 11 is 0. The van der Waals surface area contributed by atoms with Crippen molar-refractivity contribution in [3.8, 4) is 33.4 Å². The fourth-order valence-electron chi connectivity index (χ4n) is 7.01. The van der Waals surface area contributed by atoms with Crippen molar-refractivity contribution >= 4 is 54.3 Å². The Labute approximate surface area is 249 Å². The number of hydrogen-bond donors (Lipinski definition) is 0. The normalized spacial score (nSPS) is 11.7. The number of fused-ring (bicyclic) bond motifs is 6. The number of hydrogen-bond acceptors (Lipinski definition) is 1. The summed E-state index contributed by atoms with van der Waals surface area (Å²) in [6.45, 7) is 0. The van der Waals surface area contributed by atoms with Gasteiger partial charge >= 0.3 is 0 Å². The lowest BCUT2D eigenvalue weighted by molar-refractivity contribution is 0.669. The van der Waals surface area contributed by atoms with Crippen LogP contribution in [-0.4, -0.2) is 0 Å². The average molecular weight is 547 g/mol. The van der Waals surface area contributed by atoms with Gasteiger partial charge in [0, 0.05) is 10.8 Å². The van der Waals surface area contributed by atoms with Gasteiger partial charge in [-0.1, -0.05) is 140 Å². The molecule has 1 heterocycles. The van der Waals surface area contributed by atoms with Crippen molar-refractivity contribution in [2.75, 3.05) is 0 Å². The Hall–Kier alpha value is -5.66. The molecular formula is C42H26O. The lowest BCUT2D eigenvalue weighted by atomic mass is 9.84. The summed E-state index contributed by atoms with van der Waals surface area (Å²) in [4.78, 5) is 0. The monoisotopic (exact) mass is 546 g/mol. The molecule has 0 bridgehead atoms. The lowest BCUT2D eigenvalue weighted by Gasteiger charge is -2.18. The van der Waals surface area contributed by atoms with E-state index in [9.17, 15) is 0 Å². The molecule has 0 atom stereocenters. The first-order valence-electron chi connectivity index (χ1n) is 14.8. The summed E-state index contributed by atoms with van der Waals surface area (Å²) in [6, 6.07) is 56.7. The minimum absolute atomic E-state index is 0.906. The van der Waals surface area contributed by atoms with Crippen LogP contribution >= 0.6 is 0 Å². The molecule has 0 aliphatic rings. The van der Waals surface area contributed by atoms with E-state index in [-0.39, 0.29) is 0 Å². The molecule has 0 spiro atoms. The van der Waals surface area contributed by atoms with Gasteiger partial charge in [-0.25, -0.2) is 0 Å². The molecule has 43 heavy (non-hydrogen) atoms. The third-order valence-corrected chi connectivity index (χ3v) is 8.86. The third kappa shape index (κ3) is 3.65. The molecule has 1 heteroatoms. The van der Waals surface area contributed by atoms with Crippen LogP contribution in [-0.2, 0) is 0 Å². The van der Waals surface area contributed by atoms with Crippen LogP contribution in [0, 0.1) is 0 Å². The molecule has 0 aliphatic carbocycles. The second-order valence-electron chi connectivity index (χ2n) is 11.2. The SMILES string of the molecule is c1ccc(-c2cccc3oc4ccc(-c5c6ccccc6c(-c6cccc7ccccc67)c6ccccc56)cc4c23)cc1. The molecule has 0 radical (unpaired) electrons. The summed E-state index contributed by atoms with van der Waals surface area (Å²) in [5.74, 6) is 0. The molecular weight excluding hydrogens is 520 g/mol. The van der Waals surface area contributed by atoms with Crippen LogP contribution in [0.1, 0.15) is 0 Å². The second kappa shape index (κ2) is 9.44. The Balaban J connectivity index is 1.38. The summed E-state index contributed by atoms with van der Waals surface area (Å²) in [5, 5.41) is 9.84. The highest BCUT2D eigenvalue weighted by atomic mass is 16.3. The van der Waals surface area contributed by atoms with E-state index in [0.29, 0.717) is 0 Å². The smallest absolute Gasteiger partial charge is 0.136 e. The van der Waals surface area contributed by atoms with Crippen molar-refractivity contribution in [1.82, 2.24) is 0 Å². The molecule has 8 aromatic carbocycles. The molecule has 200 valence electrons. The maximum absolute atomic E-state index is 6.40. The molecule has 0 saturated heterocycles. The van der Waals surface area contributed by atoms with Gasteiger partial charge in [-0.3, -0.25) is 0 Å². The topological polar surface area (TPSA) is 13.1 Å². The zero-order valence-corrected chi connectivity index (χ0v) is 23.4. The molecule has 0 amide bonds. The maximum atomic E-state index is 6.40. The molecule has 0 saturated carbocycles. The van der Waals surface area contributed by atoms with Crippen LogP contribution in [0.3, 0.4) is 0 Å². The standard InChI is InChI=1S/C42H26O/c1-2-12-28(13-3-1)31-21-11-23-39-42(31)37-26-29(24-25-38(37)43-39)40-33-17-6-8-19-35(33)41(36-20-9-7-18-34(36)40)32-22-10-15-27-14-4-5-16-30(27)32/h1-26H. The van der Waals surface area contributed by atoms with Crippen molar-refractivity contribution < 1.29 is 4.42 Å². The molecule has 1 nitrogen and oxygen atoms in total. The average Bonchev–Trinajstić information content (AvgIpc) is 3.45. The van der Waals surface area contributed by atoms with Gasteiger partial charge in [-0.2, -0.15) is 0 Å². The van der Waals surface area contributed by atoms with Gasteiger partial charge in [-0.05, 0) is 83.9 Å². The first kappa shape index (κ1) is 24.0. The highest BCUT2D eigenvalue weighted by Gasteiger charge is 2.19. The summed E-state index contributed by atoms with van der Waals surface area (Å²) in [5.41, 5.74) is 9.19. The lowest BCUT2D eigenvalue weighted by Crippen LogP contribution is -1.91. The highest BCUT2D eigenvalue weighted by Crippen LogP contribution is 2.46. The molecule has 9 rings (SSSR count). The van der Waals surface area contributed by atoms with Crippen molar-refractivity contribution in [2.45, 2.75) is 0 Å². The fourth-order valence-corrected chi connectivity index (χ4v) is 7.01. The minimum Gasteiger partial charge on any atom is -0.456 e. The Kier molecular flexibility index (Phi) is 5.27. The third-order valence-electron chi connectivity index (χ3n) is 8.86. The van der Waals surface area contributed by atoms with Crippen molar-refractivity contribution in [1.29, 1.82) is 0 Å². The predicted molar refractivity (Wildman–Crippen MR) is 183 cm³/mol. The van der Waals surface area contributed by atoms with Gasteiger partial charge in [0.05, 0.1) is 0 Å². The van der Waals surface area contributed by atoms with Crippen LogP contribution in [0.15, 0.2) is 162 Å². The van der Waals surface area contributed by atoms with E-state index in [1.165, 1.54) is 65.7 Å². The van der Waals surface area contributed by atoms with Gasteiger partial charge in [0.2, 0.25) is 0 Å². The van der Waals surface area contributed by atoms with Crippen LogP contribution < -0.4 is 0 Å². The molecule has 0 N–H and O–H groups in total. The van der Waals surface area contributed by atoms with E-state index in [1.807, 2.05) is 0 Å². The summed E-state index contributed by atoms with van der Waals surface area (Å²) in [6.07, 6.45) is 0. The molecule has 0 fully saturated rings. The Morgan fingerprint density at radius 2 is 0.907 bits per heavy atom. The Bertz CT molecular complexity index is 2440. The zero-order chi connectivity index (χ0) is 28.3. The number of rotatable bonds is 3. The zero-order valence-electron chi connectivity index (χ0n) is 23.4. The predicted octanol–water partition coefficient (Wildman–Crippen LogP) is 12.0. The van der Waals surface area contributed by atoms with Crippen LogP contribution in [0.5, 0.6) is 0 Å². The molecule has 0 unspecified atom stereocenters. The summed E-state index contributed by atoms with van der Waals surface area (Å²) in [7, 11) is 0. The minimum atomic E-state index is 0.906. The van der Waals surface area contributed by atoms with Crippen LogP contribution in [0.2, 0.25) is 0 Å². The highest BCUT2D eigenvalue weighted by molar-refractivity contribution is 6.24. The fraction of sp³-hybridized carbons (Fsp3) is 0. The van der Waals surface area contributed by atoms with Crippen molar-refractivity contribution in [3.05, 3.63) is 158 Å². The molecule has 0 aliphatic heterocycles. The van der Waals surface area contributed by atoms with Gasteiger partial charge in [0.1, 0.15) is 11.2 Å². The van der Waals surface area contributed by atoms with E-state index in [4.69, 9.17) is 4.42 Å². The van der Waals surface area contributed by atoms with Crippen LogP contribution in [0.4, 0.5) is 0 Å². The quantitative estimate of drug-likeness (QED) is 0.201. The second-order valence-corrected chi connectivity index (χ2v) is 11.2. The van der Waals surface area contributed by atoms with Crippen LogP contribution in [0.25, 0.3) is 87.6 Å².